The molecule has 0 atom stereocenters. The first-order chi connectivity index (χ1) is 12.5. The van der Waals surface area contributed by atoms with Crippen molar-refractivity contribution in [3.63, 3.8) is 0 Å². The standard InChI is InChI=1S/C11H8N6O4.C3H4N2/c18-8(7-9(19)13-11(21)14-10(7)20)12-4-1-2-5-6(3-4)16-17-15-5;1-2-5-3-4-1/h1-3H,(H,12,18)(H,15,16,17)(H3,13,14,19,20,21);1-3H,(H,4,5). The monoisotopic (exact) mass is 356 g/mol. The zero-order valence-electron chi connectivity index (χ0n) is 13.0. The van der Waals surface area contributed by atoms with Crippen LogP contribution in [0.3, 0.4) is 0 Å². The molecule has 1 amide bonds. The molecule has 0 fully saturated rings. The molecule has 132 valence electrons. The van der Waals surface area contributed by atoms with Crippen molar-refractivity contribution < 1.29 is 9.90 Å². The Bertz CT molecular complexity index is 1120. The van der Waals surface area contributed by atoms with E-state index in [1.807, 2.05) is 9.97 Å². The van der Waals surface area contributed by atoms with E-state index in [0.29, 0.717) is 16.7 Å². The third-order valence-corrected chi connectivity index (χ3v) is 3.13. The summed E-state index contributed by atoms with van der Waals surface area (Å²) >= 11 is 0. The first-order valence-electron chi connectivity index (χ1n) is 7.15. The van der Waals surface area contributed by atoms with Gasteiger partial charge >= 0.3 is 5.69 Å². The first kappa shape index (κ1) is 16.6. The number of imidazole rings is 1. The summed E-state index contributed by atoms with van der Waals surface area (Å²) < 4.78 is 0. The van der Waals surface area contributed by atoms with Crippen LogP contribution >= 0.6 is 0 Å². The molecule has 12 nitrogen and oxygen atoms in total. The number of rotatable bonds is 2. The van der Waals surface area contributed by atoms with Crippen molar-refractivity contribution in [1.82, 2.24) is 35.3 Å². The number of hydrogen-bond acceptors (Lipinski definition) is 7. The number of aromatic nitrogens is 7. The topological polar surface area (TPSA) is 185 Å². The molecule has 0 radical (unpaired) electrons. The second-order valence-corrected chi connectivity index (χ2v) is 4.87. The van der Waals surface area contributed by atoms with Crippen molar-refractivity contribution in [3.05, 3.63) is 63.3 Å². The minimum Gasteiger partial charge on any atom is -0.494 e. The predicted octanol–water partition coefficient (Wildman–Crippen LogP) is -0.298. The molecule has 3 aromatic heterocycles. The normalized spacial score (nSPS) is 10.2. The maximum Gasteiger partial charge on any atom is 0.328 e. The Morgan fingerprint density at radius 3 is 2.58 bits per heavy atom. The summed E-state index contributed by atoms with van der Waals surface area (Å²) in [5, 5.41) is 22.0. The Kier molecular flexibility index (Phi) is 4.56. The summed E-state index contributed by atoms with van der Waals surface area (Å²) in [4.78, 5) is 44.7. The molecule has 4 aromatic rings. The van der Waals surface area contributed by atoms with Gasteiger partial charge in [-0.2, -0.15) is 15.4 Å². The second-order valence-electron chi connectivity index (χ2n) is 4.87. The number of benzene rings is 1. The number of carbonyl (C=O) groups excluding carboxylic acids is 1. The molecule has 0 bridgehead atoms. The number of nitrogens with one attached hydrogen (secondary N) is 5. The van der Waals surface area contributed by atoms with Crippen LogP contribution in [0.25, 0.3) is 11.0 Å². The molecule has 0 unspecified atom stereocenters. The summed E-state index contributed by atoms with van der Waals surface area (Å²) in [6, 6.07) is 4.71. The molecule has 1 aromatic carbocycles. The molecule has 12 heteroatoms. The predicted molar refractivity (Wildman–Crippen MR) is 89.8 cm³/mol. The van der Waals surface area contributed by atoms with Gasteiger partial charge in [-0.25, -0.2) is 9.78 Å². The average molecular weight is 356 g/mol. The number of anilines is 1. The highest BCUT2D eigenvalue weighted by atomic mass is 16.3. The minimum absolute atomic E-state index is 0.353. The molecule has 0 spiro atoms. The number of nitrogens with zero attached hydrogens (tertiary/aromatic N) is 3. The Labute approximate surface area is 143 Å². The third-order valence-electron chi connectivity index (χ3n) is 3.13. The summed E-state index contributed by atoms with van der Waals surface area (Å²) in [5.74, 6) is -1.67. The van der Waals surface area contributed by atoms with Crippen LogP contribution in [0.5, 0.6) is 5.88 Å². The van der Waals surface area contributed by atoms with Gasteiger partial charge in [0, 0.05) is 18.1 Å². The number of aromatic amines is 4. The van der Waals surface area contributed by atoms with Crippen LogP contribution in [0, 0.1) is 0 Å². The molecule has 0 saturated carbocycles. The molecular formula is C14H12N8O4. The van der Waals surface area contributed by atoms with Crippen molar-refractivity contribution in [1.29, 1.82) is 0 Å². The molecule has 0 aliphatic heterocycles. The fourth-order valence-corrected chi connectivity index (χ4v) is 2.01. The van der Waals surface area contributed by atoms with Gasteiger partial charge in [-0.15, -0.1) is 0 Å². The Morgan fingerprint density at radius 1 is 1.12 bits per heavy atom. The number of aromatic hydroxyl groups is 1. The average Bonchev–Trinajstić information content (AvgIpc) is 3.28. The van der Waals surface area contributed by atoms with E-state index in [4.69, 9.17) is 0 Å². The number of amides is 1. The van der Waals surface area contributed by atoms with E-state index in [0.717, 1.165) is 0 Å². The van der Waals surface area contributed by atoms with Crippen LogP contribution in [0.15, 0.2) is 46.5 Å². The van der Waals surface area contributed by atoms with Gasteiger partial charge in [-0.05, 0) is 18.2 Å². The molecule has 26 heavy (non-hydrogen) atoms. The van der Waals surface area contributed by atoms with E-state index in [1.165, 1.54) is 6.07 Å². The van der Waals surface area contributed by atoms with Crippen molar-refractivity contribution in [2.24, 2.45) is 0 Å². The lowest BCUT2D eigenvalue weighted by Crippen LogP contribution is -2.30. The van der Waals surface area contributed by atoms with E-state index < -0.39 is 28.6 Å². The maximum absolute atomic E-state index is 12.0. The molecule has 0 aliphatic rings. The van der Waals surface area contributed by atoms with Crippen LogP contribution in [0.1, 0.15) is 10.4 Å². The highest BCUT2D eigenvalue weighted by Gasteiger charge is 2.17. The summed E-state index contributed by atoms with van der Waals surface area (Å²) in [5.41, 5.74) is -0.999. The van der Waals surface area contributed by atoms with Crippen LogP contribution in [-0.2, 0) is 0 Å². The third kappa shape index (κ3) is 3.64. The van der Waals surface area contributed by atoms with E-state index in [9.17, 15) is 19.5 Å². The first-order valence-corrected chi connectivity index (χ1v) is 7.15. The van der Waals surface area contributed by atoms with Gasteiger partial charge < -0.3 is 15.4 Å². The van der Waals surface area contributed by atoms with Gasteiger partial charge in [-0.1, -0.05) is 0 Å². The SMILES string of the molecule is O=C(Nc1ccc2n[nH]nc2c1)c1c(O)[nH]c(=O)[nH]c1=O.c1c[nH]cn1. The minimum atomic E-state index is -0.990. The smallest absolute Gasteiger partial charge is 0.328 e. The van der Waals surface area contributed by atoms with Crippen LogP contribution < -0.4 is 16.6 Å². The highest BCUT2D eigenvalue weighted by molar-refractivity contribution is 6.06. The number of fused-ring (bicyclic) bond motifs is 1. The van der Waals surface area contributed by atoms with Crippen molar-refractivity contribution in [2.45, 2.75) is 0 Å². The van der Waals surface area contributed by atoms with Gasteiger partial charge in [0.25, 0.3) is 11.5 Å². The molecule has 6 N–H and O–H groups in total. The summed E-state index contributed by atoms with van der Waals surface area (Å²) in [6.07, 6.45) is 5.08. The molecule has 3 heterocycles. The number of hydrogen-bond donors (Lipinski definition) is 6. The van der Waals surface area contributed by atoms with Crippen molar-refractivity contribution in [2.75, 3.05) is 5.32 Å². The number of H-pyrrole nitrogens is 4. The molecule has 0 aliphatic carbocycles. The van der Waals surface area contributed by atoms with Gasteiger partial charge in [0.05, 0.1) is 6.33 Å². The van der Waals surface area contributed by atoms with E-state index in [1.54, 1.807) is 30.9 Å². The lowest BCUT2D eigenvalue weighted by Gasteiger charge is -2.05. The quantitative estimate of drug-likeness (QED) is 0.284. The van der Waals surface area contributed by atoms with E-state index in [-0.39, 0.29) is 0 Å². The molecule has 0 saturated heterocycles. The van der Waals surface area contributed by atoms with Gasteiger partial charge in [-0.3, -0.25) is 19.6 Å². The zero-order chi connectivity index (χ0) is 18.5. The van der Waals surface area contributed by atoms with Gasteiger partial charge in [0.15, 0.2) is 5.56 Å². The molecule has 4 rings (SSSR count). The highest BCUT2D eigenvalue weighted by Crippen LogP contribution is 2.16. The van der Waals surface area contributed by atoms with Gasteiger partial charge in [0.1, 0.15) is 11.0 Å². The van der Waals surface area contributed by atoms with Crippen molar-refractivity contribution in [3.8, 4) is 5.88 Å². The largest absolute Gasteiger partial charge is 0.494 e. The van der Waals surface area contributed by atoms with E-state index >= 15 is 0 Å². The van der Waals surface area contributed by atoms with Gasteiger partial charge in [0.2, 0.25) is 5.88 Å². The zero-order valence-corrected chi connectivity index (χ0v) is 13.0. The fourth-order valence-electron chi connectivity index (χ4n) is 2.01. The maximum atomic E-state index is 12.0. The van der Waals surface area contributed by atoms with E-state index in [2.05, 4.69) is 30.7 Å². The van der Waals surface area contributed by atoms with Crippen LogP contribution in [-0.4, -0.2) is 46.4 Å². The van der Waals surface area contributed by atoms with Crippen LogP contribution in [0.4, 0.5) is 5.69 Å². The number of carbonyl (C=O) groups is 1. The Balaban J connectivity index is 0.000000339. The lowest BCUT2D eigenvalue weighted by atomic mass is 10.2. The fraction of sp³-hybridized carbons (Fsp3) is 0. The summed E-state index contributed by atoms with van der Waals surface area (Å²) in [7, 11) is 0. The Hall–Kier alpha value is -4.22. The van der Waals surface area contributed by atoms with Crippen LogP contribution in [0.2, 0.25) is 0 Å². The summed E-state index contributed by atoms with van der Waals surface area (Å²) in [6.45, 7) is 0. The molecular weight excluding hydrogens is 344 g/mol. The second kappa shape index (κ2) is 7.12. The van der Waals surface area contributed by atoms with Crippen molar-refractivity contribution >= 4 is 22.6 Å². The lowest BCUT2D eigenvalue weighted by molar-refractivity contribution is 0.102. The Morgan fingerprint density at radius 2 is 1.92 bits per heavy atom.